The molecule has 0 bridgehead atoms. The maximum Gasteiger partial charge on any atom is 0.325 e. The van der Waals surface area contributed by atoms with Crippen LogP contribution in [0.15, 0.2) is 35.7 Å². The van der Waals surface area contributed by atoms with E-state index in [-0.39, 0.29) is 18.5 Å². The molecule has 2 aromatic rings. The number of benzene rings is 1. The molecule has 1 fully saturated rings. The largest absolute Gasteiger partial charge is 0.325 e. The summed E-state index contributed by atoms with van der Waals surface area (Å²) >= 11 is 1.56. The van der Waals surface area contributed by atoms with Crippen molar-refractivity contribution in [2.45, 2.75) is 32.4 Å². The van der Waals surface area contributed by atoms with Gasteiger partial charge in [0, 0.05) is 11.8 Å². The number of hydrogen-bond donors (Lipinski definition) is 1. The maximum atomic E-state index is 12.4. The molecule has 0 aliphatic carbocycles. The van der Waals surface area contributed by atoms with Crippen molar-refractivity contribution in [1.29, 1.82) is 0 Å². The van der Waals surface area contributed by atoms with Gasteiger partial charge >= 0.3 is 6.03 Å². The van der Waals surface area contributed by atoms with E-state index in [9.17, 15) is 9.59 Å². The van der Waals surface area contributed by atoms with Crippen molar-refractivity contribution in [3.8, 4) is 0 Å². The van der Waals surface area contributed by atoms with Crippen molar-refractivity contribution in [3.05, 3.63) is 52.0 Å². The minimum Gasteiger partial charge on any atom is -0.325 e. The molecule has 0 spiro atoms. The second-order valence-corrected chi connectivity index (χ2v) is 6.14. The number of urea groups is 1. The molecule has 1 unspecified atom stereocenters. The molecule has 3 rings (SSSR count). The normalized spacial score (nSPS) is 17.9. The van der Waals surface area contributed by atoms with Crippen LogP contribution in [0.2, 0.25) is 0 Å². The molecule has 22 heavy (non-hydrogen) atoms. The number of aromatic nitrogens is 1. The summed E-state index contributed by atoms with van der Waals surface area (Å²) in [5.41, 5.74) is 1.80. The third-order valence-electron chi connectivity index (χ3n) is 3.61. The van der Waals surface area contributed by atoms with Gasteiger partial charge in [0.25, 0.3) is 5.91 Å². The third kappa shape index (κ3) is 3.01. The van der Waals surface area contributed by atoms with Crippen LogP contribution < -0.4 is 5.32 Å². The van der Waals surface area contributed by atoms with Gasteiger partial charge in [-0.3, -0.25) is 9.69 Å². The SMILES string of the molecule is CCc1nc(CN2C(=O)NC(Cc3ccccc3)C2=O)cs1. The van der Waals surface area contributed by atoms with Gasteiger partial charge < -0.3 is 5.32 Å². The minimum absolute atomic E-state index is 0.181. The maximum absolute atomic E-state index is 12.4. The van der Waals surface area contributed by atoms with E-state index in [0.717, 1.165) is 22.7 Å². The number of carbonyl (C=O) groups is 2. The fourth-order valence-corrected chi connectivity index (χ4v) is 3.20. The molecule has 1 aromatic heterocycles. The van der Waals surface area contributed by atoms with E-state index in [1.54, 1.807) is 11.3 Å². The summed E-state index contributed by atoms with van der Waals surface area (Å²) in [4.78, 5) is 30.1. The summed E-state index contributed by atoms with van der Waals surface area (Å²) in [6.45, 7) is 2.28. The summed E-state index contributed by atoms with van der Waals surface area (Å²) in [5, 5.41) is 5.68. The van der Waals surface area contributed by atoms with E-state index >= 15 is 0 Å². The number of nitrogens with zero attached hydrogens (tertiary/aromatic N) is 2. The first-order valence-electron chi connectivity index (χ1n) is 7.26. The molecule has 2 heterocycles. The van der Waals surface area contributed by atoms with E-state index in [1.165, 1.54) is 4.90 Å². The molecule has 1 saturated heterocycles. The number of hydrogen-bond acceptors (Lipinski definition) is 4. The number of thiazole rings is 1. The van der Waals surface area contributed by atoms with E-state index in [1.807, 2.05) is 42.6 Å². The highest BCUT2D eigenvalue weighted by Crippen LogP contribution is 2.17. The molecule has 1 aromatic carbocycles. The van der Waals surface area contributed by atoms with Crippen molar-refractivity contribution in [3.63, 3.8) is 0 Å². The Kier molecular flexibility index (Phi) is 4.20. The van der Waals surface area contributed by atoms with Crippen molar-refractivity contribution < 1.29 is 9.59 Å². The Labute approximate surface area is 133 Å². The first kappa shape index (κ1) is 14.7. The highest BCUT2D eigenvalue weighted by Gasteiger charge is 2.38. The Morgan fingerprint density at radius 1 is 1.27 bits per heavy atom. The zero-order valence-corrected chi connectivity index (χ0v) is 13.1. The Morgan fingerprint density at radius 3 is 2.73 bits per heavy atom. The Balaban J connectivity index is 1.68. The quantitative estimate of drug-likeness (QED) is 0.862. The summed E-state index contributed by atoms with van der Waals surface area (Å²) < 4.78 is 0. The average Bonchev–Trinajstić information content (AvgIpc) is 3.09. The zero-order valence-electron chi connectivity index (χ0n) is 12.3. The predicted octanol–water partition coefficient (Wildman–Crippen LogP) is 2.37. The van der Waals surface area contributed by atoms with E-state index < -0.39 is 6.04 Å². The highest BCUT2D eigenvalue weighted by molar-refractivity contribution is 7.09. The van der Waals surface area contributed by atoms with Crippen LogP contribution in [0.25, 0.3) is 0 Å². The predicted molar refractivity (Wildman–Crippen MR) is 84.5 cm³/mol. The number of aryl methyl sites for hydroxylation is 1. The van der Waals surface area contributed by atoms with Crippen molar-refractivity contribution in [1.82, 2.24) is 15.2 Å². The summed E-state index contributed by atoms with van der Waals surface area (Å²) in [5.74, 6) is -0.181. The first-order valence-corrected chi connectivity index (χ1v) is 8.14. The average molecular weight is 315 g/mol. The van der Waals surface area contributed by atoms with Gasteiger partial charge in [-0.05, 0) is 12.0 Å². The molecular formula is C16H17N3O2S. The topological polar surface area (TPSA) is 62.3 Å². The van der Waals surface area contributed by atoms with Gasteiger partial charge in [-0.2, -0.15) is 0 Å². The molecule has 1 aliphatic rings. The molecule has 114 valence electrons. The Bertz CT molecular complexity index is 684. The van der Waals surface area contributed by atoms with Crippen LogP contribution in [0.5, 0.6) is 0 Å². The van der Waals surface area contributed by atoms with Crippen LogP contribution >= 0.6 is 11.3 Å². The van der Waals surface area contributed by atoms with Gasteiger partial charge in [-0.1, -0.05) is 37.3 Å². The van der Waals surface area contributed by atoms with Gasteiger partial charge in [-0.15, -0.1) is 11.3 Å². The fourth-order valence-electron chi connectivity index (χ4n) is 2.46. The highest BCUT2D eigenvalue weighted by atomic mass is 32.1. The van der Waals surface area contributed by atoms with Crippen LogP contribution in [0.3, 0.4) is 0 Å². The lowest BCUT2D eigenvalue weighted by atomic mass is 10.1. The summed E-state index contributed by atoms with van der Waals surface area (Å²) in [6, 6.07) is 8.87. The first-order chi connectivity index (χ1) is 10.7. The minimum atomic E-state index is -0.487. The van der Waals surface area contributed by atoms with Gasteiger partial charge in [0.05, 0.1) is 17.2 Å². The molecule has 1 aliphatic heterocycles. The fraction of sp³-hybridized carbons (Fsp3) is 0.312. The molecule has 1 atom stereocenters. The van der Waals surface area contributed by atoms with E-state index in [4.69, 9.17) is 0 Å². The Morgan fingerprint density at radius 2 is 2.05 bits per heavy atom. The monoisotopic (exact) mass is 315 g/mol. The van der Waals surface area contributed by atoms with Gasteiger partial charge in [-0.25, -0.2) is 9.78 Å². The molecule has 0 saturated carbocycles. The second-order valence-electron chi connectivity index (χ2n) is 5.20. The van der Waals surface area contributed by atoms with Crippen LogP contribution in [0, 0.1) is 0 Å². The number of imide groups is 1. The van der Waals surface area contributed by atoms with Crippen LogP contribution in [0.1, 0.15) is 23.2 Å². The standard InChI is InChI=1S/C16H17N3O2S/c1-2-14-17-12(10-22-14)9-19-15(20)13(18-16(19)21)8-11-6-4-3-5-7-11/h3-7,10,13H,2,8-9H2,1H3,(H,18,21). The Hall–Kier alpha value is -2.21. The van der Waals surface area contributed by atoms with Crippen LogP contribution in [-0.4, -0.2) is 27.9 Å². The number of amides is 3. The zero-order chi connectivity index (χ0) is 15.5. The molecule has 6 heteroatoms. The number of nitrogens with one attached hydrogen (secondary N) is 1. The molecule has 3 amide bonds. The van der Waals surface area contributed by atoms with Gasteiger partial charge in [0.15, 0.2) is 0 Å². The third-order valence-corrected chi connectivity index (χ3v) is 4.65. The van der Waals surface area contributed by atoms with Gasteiger partial charge in [0.1, 0.15) is 6.04 Å². The van der Waals surface area contributed by atoms with E-state index in [2.05, 4.69) is 10.3 Å². The molecule has 0 radical (unpaired) electrons. The van der Waals surface area contributed by atoms with Crippen molar-refractivity contribution >= 4 is 23.3 Å². The van der Waals surface area contributed by atoms with Crippen LogP contribution in [0.4, 0.5) is 4.79 Å². The number of carbonyl (C=O) groups excluding carboxylic acids is 2. The summed E-state index contributed by atoms with van der Waals surface area (Å²) in [7, 11) is 0. The molecule has 1 N–H and O–H groups in total. The lowest BCUT2D eigenvalue weighted by Crippen LogP contribution is -2.32. The molecular weight excluding hydrogens is 298 g/mol. The lowest BCUT2D eigenvalue weighted by molar-refractivity contribution is -0.127. The van der Waals surface area contributed by atoms with Crippen molar-refractivity contribution in [2.24, 2.45) is 0 Å². The van der Waals surface area contributed by atoms with Crippen LogP contribution in [-0.2, 0) is 24.2 Å². The molecule has 5 nitrogen and oxygen atoms in total. The van der Waals surface area contributed by atoms with Crippen molar-refractivity contribution in [2.75, 3.05) is 0 Å². The van der Waals surface area contributed by atoms with Gasteiger partial charge in [0.2, 0.25) is 0 Å². The summed E-state index contributed by atoms with van der Waals surface area (Å²) in [6.07, 6.45) is 1.38. The smallest absolute Gasteiger partial charge is 0.325 e. The van der Waals surface area contributed by atoms with E-state index in [0.29, 0.717) is 6.42 Å². The lowest BCUT2D eigenvalue weighted by Gasteiger charge is -2.11. The number of rotatable bonds is 5. The second kappa shape index (κ2) is 6.27.